The number of likely N-dealkylation sites (tertiary alicyclic amines) is 1. The number of benzene rings is 2. The van der Waals surface area contributed by atoms with Crippen molar-refractivity contribution in [3.8, 4) is 11.5 Å². The van der Waals surface area contributed by atoms with Crippen molar-refractivity contribution in [2.45, 2.75) is 37.5 Å². The van der Waals surface area contributed by atoms with Gasteiger partial charge in [-0.3, -0.25) is 4.79 Å². The fourth-order valence-corrected chi connectivity index (χ4v) is 4.58. The standard InChI is InChI=1S/C23H23F4NO4/c24-19-4-1-3-17(23(25,26)27)16(19)12-31-15-5-6-18-20(11-15)32-14-22(18)8-2-9-28(13-22)10-7-21(29)30/h1,3-6,11H,2,7-10,12-14H2,(H,29,30). The van der Waals surface area contributed by atoms with Gasteiger partial charge in [0, 0.05) is 35.7 Å². The lowest BCUT2D eigenvalue weighted by molar-refractivity contribution is -0.139. The SMILES string of the molecule is O=C(O)CCN1CCCC2(COc3cc(OCc4c(F)cccc4C(F)(F)F)ccc32)C1. The van der Waals surface area contributed by atoms with Crippen LogP contribution >= 0.6 is 0 Å². The van der Waals surface area contributed by atoms with E-state index >= 15 is 0 Å². The maximum atomic E-state index is 14.0. The van der Waals surface area contributed by atoms with E-state index in [-0.39, 0.29) is 17.6 Å². The Labute approximate surface area is 182 Å². The molecule has 0 bridgehead atoms. The zero-order valence-electron chi connectivity index (χ0n) is 17.3. The number of carboxylic acids is 1. The maximum absolute atomic E-state index is 14.0. The number of ether oxygens (including phenoxy) is 2. The first-order valence-electron chi connectivity index (χ1n) is 10.4. The molecular weight excluding hydrogens is 430 g/mol. The van der Waals surface area contributed by atoms with E-state index in [1.807, 2.05) is 6.07 Å². The quantitative estimate of drug-likeness (QED) is 0.647. The van der Waals surface area contributed by atoms with Crippen LogP contribution in [-0.4, -0.2) is 42.2 Å². The van der Waals surface area contributed by atoms with E-state index in [0.717, 1.165) is 43.1 Å². The summed E-state index contributed by atoms with van der Waals surface area (Å²) in [6.45, 7) is 1.86. The molecule has 0 aromatic heterocycles. The lowest BCUT2D eigenvalue weighted by Crippen LogP contribution is -2.47. The summed E-state index contributed by atoms with van der Waals surface area (Å²) < 4.78 is 65.0. The van der Waals surface area contributed by atoms with E-state index in [0.29, 0.717) is 25.4 Å². The molecule has 0 amide bonds. The van der Waals surface area contributed by atoms with Crippen molar-refractivity contribution >= 4 is 5.97 Å². The molecule has 2 aliphatic heterocycles. The third kappa shape index (κ3) is 4.53. The van der Waals surface area contributed by atoms with Crippen molar-refractivity contribution in [2.75, 3.05) is 26.2 Å². The summed E-state index contributed by atoms with van der Waals surface area (Å²) in [4.78, 5) is 13.0. The van der Waals surface area contributed by atoms with Gasteiger partial charge in [0.2, 0.25) is 0 Å². The zero-order chi connectivity index (χ0) is 22.9. The molecule has 1 atom stereocenters. The first kappa shape index (κ1) is 22.4. The van der Waals surface area contributed by atoms with E-state index in [4.69, 9.17) is 14.6 Å². The summed E-state index contributed by atoms with van der Waals surface area (Å²) in [5, 5.41) is 8.95. The smallest absolute Gasteiger partial charge is 0.416 e. The van der Waals surface area contributed by atoms with Gasteiger partial charge in [0.15, 0.2) is 0 Å². The molecule has 0 saturated carbocycles. The number of hydrogen-bond acceptors (Lipinski definition) is 4. The molecule has 172 valence electrons. The predicted molar refractivity (Wildman–Crippen MR) is 107 cm³/mol. The monoisotopic (exact) mass is 453 g/mol. The largest absolute Gasteiger partial charge is 0.492 e. The van der Waals surface area contributed by atoms with Crippen molar-refractivity contribution in [3.63, 3.8) is 0 Å². The van der Waals surface area contributed by atoms with Crippen LogP contribution in [0.4, 0.5) is 17.6 Å². The van der Waals surface area contributed by atoms with E-state index in [1.54, 1.807) is 12.1 Å². The highest BCUT2D eigenvalue weighted by Crippen LogP contribution is 2.46. The van der Waals surface area contributed by atoms with Crippen molar-refractivity contribution in [1.29, 1.82) is 0 Å². The van der Waals surface area contributed by atoms with Crippen molar-refractivity contribution < 1.29 is 36.9 Å². The number of halogens is 4. The first-order valence-corrected chi connectivity index (χ1v) is 10.4. The van der Waals surface area contributed by atoms with E-state index in [2.05, 4.69) is 4.90 Å². The minimum Gasteiger partial charge on any atom is -0.492 e. The normalized spacial score (nSPS) is 20.8. The van der Waals surface area contributed by atoms with Crippen molar-refractivity contribution in [2.24, 2.45) is 0 Å². The Hall–Kier alpha value is -2.81. The van der Waals surface area contributed by atoms with E-state index in [1.165, 1.54) is 0 Å². The molecule has 5 nitrogen and oxygen atoms in total. The maximum Gasteiger partial charge on any atom is 0.416 e. The number of alkyl halides is 3. The summed E-state index contributed by atoms with van der Waals surface area (Å²) in [5.74, 6) is -0.930. The second kappa shape index (κ2) is 8.61. The number of aliphatic carboxylic acids is 1. The summed E-state index contributed by atoms with van der Waals surface area (Å²) in [6.07, 6.45) is -2.80. The van der Waals surface area contributed by atoms with Gasteiger partial charge in [0.25, 0.3) is 0 Å². The Bertz CT molecular complexity index is 1010. The Morgan fingerprint density at radius 2 is 2.06 bits per heavy atom. The predicted octanol–water partition coefficient (Wildman–Crippen LogP) is 4.62. The second-order valence-corrected chi connectivity index (χ2v) is 8.30. The fraction of sp³-hybridized carbons (Fsp3) is 0.435. The topological polar surface area (TPSA) is 59.0 Å². The van der Waals surface area contributed by atoms with E-state index in [9.17, 15) is 22.4 Å². The Balaban J connectivity index is 1.49. The number of carbonyl (C=O) groups is 1. The molecule has 2 aromatic carbocycles. The van der Waals surface area contributed by atoms with Crippen LogP contribution in [0.2, 0.25) is 0 Å². The molecule has 9 heteroatoms. The van der Waals surface area contributed by atoms with Gasteiger partial charge in [0.1, 0.15) is 23.9 Å². The van der Waals surface area contributed by atoms with Crippen LogP contribution in [-0.2, 0) is 23.0 Å². The average Bonchev–Trinajstić information content (AvgIpc) is 3.07. The minimum absolute atomic E-state index is 0.0759. The van der Waals surface area contributed by atoms with Crippen LogP contribution in [0, 0.1) is 5.82 Å². The first-order chi connectivity index (χ1) is 15.2. The van der Waals surface area contributed by atoms with Gasteiger partial charge >= 0.3 is 12.1 Å². The molecule has 2 aromatic rings. The zero-order valence-corrected chi connectivity index (χ0v) is 17.3. The number of hydrogen-bond donors (Lipinski definition) is 1. The summed E-state index contributed by atoms with van der Waals surface area (Å²) in [7, 11) is 0. The molecule has 0 aliphatic carbocycles. The molecule has 1 saturated heterocycles. The highest BCUT2D eigenvalue weighted by atomic mass is 19.4. The Morgan fingerprint density at radius 1 is 1.25 bits per heavy atom. The van der Waals surface area contributed by atoms with Crippen LogP contribution in [0.3, 0.4) is 0 Å². The number of carboxylic acid groups (broad SMARTS) is 1. The van der Waals surface area contributed by atoms with Gasteiger partial charge < -0.3 is 19.5 Å². The molecule has 2 aliphatic rings. The molecule has 4 rings (SSSR count). The molecule has 2 heterocycles. The van der Waals surface area contributed by atoms with Gasteiger partial charge in [0.05, 0.1) is 18.6 Å². The third-order valence-corrected chi connectivity index (χ3v) is 6.13. The second-order valence-electron chi connectivity index (χ2n) is 8.30. The molecule has 1 fully saturated rings. The van der Waals surface area contributed by atoms with Crippen LogP contribution in [0.15, 0.2) is 36.4 Å². The number of rotatable bonds is 6. The summed E-state index contributed by atoms with van der Waals surface area (Å²) >= 11 is 0. The van der Waals surface area contributed by atoms with Crippen molar-refractivity contribution in [3.05, 3.63) is 58.9 Å². The highest BCUT2D eigenvalue weighted by molar-refractivity contribution is 5.66. The minimum atomic E-state index is -4.68. The van der Waals surface area contributed by atoms with Gasteiger partial charge in [-0.25, -0.2) is 4.39 Å². The van der Waals surface area contributed by atoms with Crippen LogP contribution < -0.4 is 9.47 Å². The van der Waals surface area contributed by atoms with Gasteiger partial charge in [-0.1, -0.05) is 12.1 Å². The highest BCUT2D eigenvalue weighted by Gasteiger charge is 2.44. The van der Waals surface area contributed by atoms with Gasteiger partial charge in [-0.2, -0.15) is 13.2 Å². The Morgan fingerprint density at radius 3 is 2.81 bits per heavy atom. The van der Waals surface area contributed by atoms with Crippen LogP contribution in [0.1, 0.15) is 36.0 Å². The molecular formula is C23H23F4NO4. The fourth-order valence-electron chi connectivity index (χ4n) is 4.58. The van der Waals surface area contributed by atoms with Gasteiger partial charge in [-0.05, 0) is 37.6 Å². The summed E-state index contributed by atoms with van der Waals surface area (Å²) in [6, 6.07) is 7.94. The lowest BCUT2D eigenvalue weighted by Gasteiger charge is -2.39. The van der Waals surface area contributed by atoms with Crippen molar-refractivity contribution in [1.82, 2.24) is 4.90 Å². The number of nitrogens with zero attached hydrogens (tertiary/aromatic N) is 1. The molecule has 1 spiro atoms. The summed E-state index contributed by atoms with van der Waals surface area (Å²) in [5.41, 5.74) is -0.872. The molecule has 0 radical (unpaired) electrons. The molecule has 32 heavy (non-hydrogen) atoms. The molecule has 1 N–H and O–H groups in total. The van der Waals surface area contributed by atoms with Gasteiger partial charge in [-0.15, -0.1) is 0 Å². The lowest BCUT2D eigenvalue weighted by atomic mass is 9.75. The molecule has 1 unspecified atom stereocenters. The third-order valence-electron chi connectivity index (χ3n) is 6.13. The van der Waals surface area contributed by atoms with Crippen LogP contribution in [0.25, 0.3) is 0 Å². The van der Waals surface area contributed by atoms with E-state index < -0.39 is 35.7 Å². The Kier molecular flexibility index (Phi) is 6.03. The van der Waals surface area contributed by atoms with Crippen LogP contribution in [0.5, 0.6) is 11.5 Å². The number of piperidine rings is 1. The number of fused-ring (bicyclic) bond motifs is 2. The average molecular weight is 453 g/mol.